The summed E-state index contributed by atoms with van der Waals surface area (Å²) in [5, 5.41) is 0.992. The molecule has 1 aliphatic rings. The molecular weight excluding hydrogens is 438 g/mol. The lowest BCUT2D eigenvalue weighted by Crippen LogP contribution is -2.39. The van der Waals surface area contributed by atoms with Crippen molar-refractivity contribution in [1.29, 1.82) is 0 Å². The van der Waals surface area contributed by atoms with Gasteiger partial charge in [-0.25, -0.2) is 13.1 Å². The molecule has 1 aliphatic heterocycles. The van der Waals surface area contributed by atoms with E-state index in [0.717, 1.165) is 16.5 Å². The summed E-state index contributed by atoms with van der Waals surface area (Å²) in [7, 11) is -3.77. The van der Waals surface area contributed by atoms with Crippen LogP contribution in [0.4, 0.5) is 0 Å². The number of likely N-dealkylation sites (tertiary alicyclic amines) is 1. The molecule has 33 heavy (non-hydrogen) atoms. The molecule has 4 rings (SSSR count). The van der Waals surface area contributed by atoms with Crippen LogP contribution in [0.2, 0.25) is 0 Å². The number of carbonyl (C=O) groups excluding carboxylic acids is 1. The number of nitrogens with zero attached hydrogens (tertiary/aromatic N) is 2. The molecule has 0 radical (unpaired) electrons. The number of rotatable bonds is 6. The minimum absolute atomic E-state index is 0.0673. The van der Waals surface area contributed by atoms with Crippen LogP contribution in [0.25, 0.3) is 10.9 Å². The summed E-state index contributed by atoms with van der Waals surface area (Å²) in [6.45, 7) is 6.84. The Labute approximate surface area is 194 Å². The molecule has 3 aromatic rings. The number of fused-ring (bicyclic) bond motifs is 1. The van der Waals surface area contributed by atoms with E-state index in [1.54, 1.807) is 35.4 Å². The van der Waals surface area contributed by atoms with Crippen molar-refractivity contribution in [2.75, 3.05) is 19.6 Å². The van der Waals surface area contributed by atoms with Gasteiger partial charge in [-0.3, -0.25) is 9.78 Å². The predicted octanol–water partition coefficient (Wildman–Crippen LogP) is 3.49. The Hall–Kier alpha value is -2.97. The summed E-state index contributed by atoms with van der Waals surface area (Å²) in [5.74, 6) is 0.416. The van der Waals surface area contributed by atoms with E-state index in [1.807, 2.05) is 30.3 Å². The van der Waals surface area contributed by atoms with Crippen LogP contribution < -0.4 is 9.46 Å². The van der Waals surface area contributed by atoms with Crippen molar-refractivity contribution in [3.05, 3.63) is 66.4 Å². The van der Waals surface area contributed by atoms with Crippen LogP contribution in [0, 0.1) is 0 Å². The van der Waals surface area contributed by atoms with Crippen molar-refractivity contribution < 1.29 is 17.9 Å². The zero-order valence-electron chi connectivity index (χ0n) is 19.1. The number of hydrogen-bond acceptors (Lipinski definition) is 5. The van der Waals surface area contributed by atoms with E-state index in [9.17, 15) is 13.2 Å². The fourth-order valence-electron chi connectivity index (χ4n) is 3.89. The minimum Gasteiger partial charge on any atom is -0.486 e. The lowest BCUT2D eigenvalue weighted by atomic mass is 9.87. The topological polar surface area (TPSA) is 88.6 Å². The van der Waals surface area contributed by atoms with Crippen LogP contribution in [0.15, 0.2) is 65.7 Å². The molecule has 1 fully saturated rings. The second-order valence-corrected chi connectivity index (χ2v) is 11.1. The largest absolute Gasteiger partial charge is 0.486 e. The molecule has 1 amide bonds. The standard InChI is InChI=1S/C25H29N3O4S/c1-25(2,3)19-9-11-21(12-10-19)33(30,31)27-16-23(29)28-15-13-20(17-28)32-22-8-4-6-18-7-5-14-26-24(18)22/h4-12,14,20,27H,13,15-17H2,1-3H3. The highest BCUT2D eigenvalue weighted by Crippen LogP contribution is 2.26. The van der Waals surface area contributed by atoms with Gasteiger partial charge in [0.2, 0.25) is 15.9 Å². The summed E-state index contributed by atoms with van der Waals surface area (Å²) in [5.41, 5.74) is 1.76. The maximum atomic E-state index is 12.7. The quantitative estimate of drug-likeness (QED) is 0.600. The van der Waals surface area contributed by atoms with Crippen LogP contribution in [0.5, 0.6) is 5.75 Å². The molecule has 0 spiro atoms. The van der Waals surface area contributed by atoms with Crippen LogP contribution >= 0.6 is 0 Å². The molecule has 7 nitrogen and oxygen atoms in total. The second-order valence-electron chi connectivity index (χ2n) is 9.30. The number of nitrogens with one attached hydrogen (secondary N) is 1. The van der Waals surface area contributed by atoms with E-state index in [0.29, 0.717) is 25.3 Å². The van der Waals surface area contributed by atoms with Crippen molar-refractivity contribution in [3.63, 3.8) is 0 Å². The van der Waals surface area contributed by atoms with Gasteiger partial charge in [0.05, 0.1) is 18.0 Å². The smallest absolute Gasteiger partial charge is 0.241 e. The van der Waals surface area contributed by atoms with E-state index in [-0.39, 0.29) is 28.9 Å². The van der Waals surface area contributed by atoms with Crippen LogP contribution in [-0.4, -0.2) is 49.9 Å². The maximum absolute atomic E-state index is 12.7. The number of aromatic nitrogens is 1. The van der Waals surface area contributed by atoms with Gasteiger partial charge >= 0.3 is 0 Å². The monoisotopic (exact) mass is 467 g/mol. The van der Waals surface area contributed by atoms with Crippen molar-refractivity contribution in [2.45, 2.75) is 43.6 Å². The molecule has 8 heteroatoms. The van der Waals surface area contributed by atoms with E-state index >= 15 is 0 Å². The summed E-state index contributed by atoms with van der Waals surface area (Å²) in [4.78, 5) is 18.8. The average molecular weight is 468 g/mol. The van der Waals surface area contributed by atoms with Gasteiger partial charge < -0.3 is 9.64 Å². The number of benzene rings is 2. The number of sulfonamides is 1. The first kappa shape index (κ1) is 23.2. The highest BCUT2D eigenvalue weighted by Gasteiger charge is 2.29. The molecule has 174 valence electrons. The zero-order chi connectivity index (χ0) is 23.6. The van der Waals surface area contributed by atoms with Gasteiger partial charge in [0.25, 0.3) is 0 Å². The van der Waals surface area contributed by atoms with Gasteiger partial charge in [-0.15, -0.1) is 0 Å². The SMILES string of the molecule is CC(C)(C)c1ccc(S(=O)(=O)NCC(=O)N2CCC(Oc3cccc4cccnc34)C2)cc1. The van der Waals surface area contributed by atoms with E-state index in [2.05, 4.69) is 30.5 Å². The number of pyridine rings is 1. The first-order valence-corrected chi connectivity index (χ1v) is 12.5. The second kappa shape index (κ2) is 9.11. The summed E-state index contributed by atoms with van der Waals surface area (Å²) in [6, 6.07) is 16.4. The first-order chi connectivity index (χ1) is 15.6. The highest BCUT2D eigenvalue weighted by atomic mass is 32.2. The third kappa shape index (κ3) is 5.34. The Morgan fingerprint density at radius 1 is 1.12 bits per heavy atom. The van der Waals surface area contributed by atoms with E-state index < -0.39 is 10.0 Å². The average Bonchev–Trinajstić information content (AvgIpc) is 3.26. The van der Waals surface area contributed by atoms with Crippen molar-refractivity contribution in [1.82, 2.24) is 14.6 Å². The molecule has 0 saturated carbocycles. The molecule has 2 heterocycles. The van der Waals surface area contributed by atoms with Gasteiger partial charge in [0.1, 0.15) is 17.4 Å². The first-order valence-electron chi connectivity index (χ1n) is 11.0. The summed E-state index contributed by atoms with van der Waals surface area (Å²) in [6.07, 6.45) is 2.24. The minimum atomic E-state index is -3.77. The number of carbonyl (C=O) groups is 1. The molecule has 1 aromatic heterocycles. The molecule has 2 aromatic carbocycles. The zero-order valence-corrected chi connectivity index (χ0v) is 19.9. The van der Waals surface area contributed by atoms with Gasteiger partial charge in [-0.1, -0.05) is 51.1 Å². The molecule has 0 bridgehead atoms. The summed E-state index contributed by atoms with van der Waals surface area (Å²) >= 11 is 0. The fraction of sp³-hybridized carbons (Fsp3) is 0.360. The molecular formula is C25H29N3O4S. The van der Waals surface area contributed by atoms with Gasteiger partial charge in [-0.05, 0) is 35.2 Å². The number of ether oxygens (including phenoxy) is 1. The van der Waals surface area contributed by atoms with Crippen molar-refractivity contribution in [3.8, 4) is 5.75 Å². The third-order valence-electron chi connectivity index (χ3n) is 5.83. The van der Waals surface area contributed by atoms with E-state index in [1.165, 1.54) is 0 Å². The lowest BCUT2D eigenvalue weighted by Gasteiger charge is -2.19. The fourth-order valence-corrected chi connectivity index (χ4v) is 4.86. The molecule has 0 aliphatic carbocycles. The Morgan fingerprint density at radius 2 is 1.85 bits per heavy atom. The predicted molar refractivity (Wildman–Crippen MR) is 128 cm³/mol. The van der Waals surface area contributed by atoms with Gasteiger partial charge in [-0.2, -0.15) is 0 Å². The highest BCUT2D eigenvalue weighted by molar-refractivity contribution is 7.89. The third-order valence-corrected chi connectivity index (χ3v) is 7.25. The van der Waals surface area contributed by atoms with Crippen LogP contribution in [0.3, 0.4) is 0 Å². The van der Waals surface area contributed by atoms with Gasteiger partial charge in [0, 0.05) is 24.5 Å². The Kier molecular flexibility index (Phi) is 6.41. The summed E-state index contributed by atoms with van der Waals surface area (Å²) < 4.78 is 33.8. The molecule has 1 unspecified atom stereocenters. The van der Waals surface area contributed by atoms with E-state index in [4.69, 9.17) is 4.74 Å². The number of para-hydroxylation sites is 1. The Balaban J connectivity index is 1.34. The van der Waals surface area contributed by atoms with Crippen molar-refractivity contribution in [2.24, 2.45) is 0 Å². The van der Waals surface area contributed by atoms with Crippen molar-refractivity contribution >= 4 is 26.8 Å². The lowest BCUT2D eigenvalue weighted by molar-refractivity contribution is -0.129. The Bertz CT molecular complexity index is 1250. The van der Waals surface area contributed by atoms with Crippen LogP contribution in [0.1, 0.15) is 32.8 Å². The van der Waals surface area contributed by atoms with Gasteiger partial charge in [0.15, 0.2) is 0 Å². The van der Waals surface area contributed by atoms with Crippen LogP contribution in [-0.2, 0) is 20.2 Å². The maximum Gasteiger partial charge on any atom is 0.241 e. The number of amides is 1. The molecule has 1 saturated heterocycles. The molecule has 1 atom stereocenters. The Morgan fingerprint density at radius 3 is 2.58 bits per heavy atom. The number of hydrogen-bond donors (Lipinski definition) is 1. The molecule has 1 N–H and O–H groups in total. The normalized spacial score (nSPS) is 16.8.